The van der Waals surface area contributed by atoms with Crippen molar-refractivity contribution >= 4 is 51.3 Å². The van der Waals surface area contributed by atoms with Crippen LogP contribution >= 0.6 is 35.3 Å². The molecule has 0 radical (unpaired) electrons. The number of aliphatic imine (C=N–C) groups is 1. The maximum Gasteiger partial charge on any atom is 0.258 e. The van der Waals surface area contributed by atoms with Gasteiger partial charge in [-0.3, -0.25) is 4.79 Å². The lowest BCUT2D eigenvalue weighted by atomic mass is 10.3. The first-order chi connectivity index (χ1) is 6.66. The number of carbonyl (C=O) groups excluding carboxylic acids is 1. The highest BCUT2D eigenvalue weighted by atomic mass is 32.2. The van der Waals surface area contributed by atoms with Crippen LogP contribution in [0.1, 0.15) is 14.5 Å². The highest BCUT2D eigenvalue weighted by molar-refractivity contribution is 8.23. The summed E-state index contributed by atoms with van der Waals surface area (Å²) in [6, 6.07) is 3.58. The van der Waals surface area contributed by atoms with Gasteiger partial charge in [0.1, 0.15) is 0 Å². The number of thiocarbonyl (C=S) groups is 1. The number of thioether (sulfide) groups is 1. The molecule has 6 heteroatoms. The maximum absolute atomic E-state index is 10.9. The summed E-state index contributed by atoms with van der Waals surface area (Å²) in [5.74, 6) is 0.396. The second-order valence-corrected chi connectivity index (χ2v) is 5.33. The third-order valence-corrected chi connectivity index (χ3v) is 4.04. The van der Waals surface area contributed by atoms with Gasteiger partial charge in [0.2, 0.25) is 0 Å². The van der Waals surface area contributed by atoms with Gasteiger partial charge >= 0.3 is 0 Å². The van der Waals surface area contributed by atoms with Crippen molar-refractivity contribution in [3.8, 4) is 0 Å². The van der Waals surface area contributed by atoms with Crippen LogP contribution in [0.2, 0.25) is 0 Å². The molecule has 0 aliphatic carbocycles. The lowest BCUT2D eigenvalue weighted by Gasteiger charge is -1.90. The minimum Gasteiger partial charge on any atom is -0.365 e. The molecule has 2 rings (SSSR count). The van der Waals surface area contributed by atoms with Crippen LogP contribution in [0, 0.1) is 0 Å². The molecule has 1 aromatic heterocycles. The number of thiophene rings is 1. The Morgan fingerprint density at radius 3 is 2.86 bits per heavy atom. The zero-order valence-corrected chi connectivity index (χ0v) is 9.47. The van der Waals surface area contributed by atoms with Gasteiger partial charge in [0.15, 0.2) is 4.32 Å². The van der Waals surface area contributed by atoms with Gasteiger partial charge in [-0.15, -0.1) is 11.3 Å². The summed E-state index contributed by atoms with van der Waals surface area (Å²) in [6.45, 7) is 0. The minimum absolute atomic E-state index is 0.393. The number of hydrogen-bond acceptors (Lipinski definition) is 4. The van der Waals surface area contributed by atoms with Crippen molar-refractivity contribution in [2.75, 3.05) is 5.75 Å². The van der Waals surface area contributed by atoms with E-state index in [1.165, 1.54) is 23.1 Å². The van der Waals surface area contributed by atoms with Crippen molar-refractivity contribution < 1.29 is 4.79 Å². The molecule has 0 saturated carbocycles. The lowest BCUT2D eigenvalue weighted by molar-refractivity contribution is 0.100. The molecule has 1 aliphatic rings. The highest BCUT2D eigenvalue weighted by Crippen LogP contribution is 2.24. The Morgan fingerprint density at radius 1 is 1.57 bits per heavy atom. The third kappa shape index (κ3) is 1.87. The van der Waals surface area contributed by atoms with Crippen molar-refractivity contribution in [1.29, 1.82) is 0 Å². The van der Waals surface area contributed by atoms with E-state index in [9.17, 15) is 4.79 Å². The number of primary amides is 1. The van der Waals surface area contributed by atoms with Gasteiger partial charge in [0.25, 0.3) is 5.91 Å². The van der Waals surface area contributed by atoms with Crippen LogP contribution in [-0.2, 0) is 0 Å². The quantitative estimate of drug-likeness (QED) is 0.803. The largest absolute Gasteiger partial charge is 0.365 e. The summed E-state index contributed by atoms with van der Waals surface area (Å²) in [5.41, 5.74) is 6.10. The summed E-state index contributed by atoms with van der Waals surface area (Å²) in [5, 5.41) is 0. The van der Waals surface area contributed by atoms with E-state index in [1.807, 2.05) is 6.07 Å². The summed E-state index contributed by atoms with van der Waals surface area (Å²) in [7, 11) is 0. The molecule has 0 atom stereocenters. The topological polar surface area (TPSA) is 55.5 Å². The van der Waals surface area contributed by atoms with Gasteiger partial charge in [-0.05, 0) is 12.1 Å². The Morgan fingerprint density at radius 2 is 2.36 bits per heavy atom. The van der Waals surface area contributed by atoms with E-state index < -0.39 is 5.91 Å². The van der Waals surface area contributed by atoms with Crippen LogP contribution in [0.4, 0.5) is 0 Å². The SMILES string of the molecule is NC(=O)c1ccc(C2=NC(=S)SC2)s1. The molecule has 72 valence electrons. The summed E-state index contributed by atoms with van der Waals surface area (Å²) in [4.78, 5) is 16.6. The number of rotatable bonds is 2. The van der Waals surface area contributed by atoms with Crippen molar-refractivity contribution in [1.82, 2.24) is 0 Å². The smallest absolute Gasteiger partial charge is 0.258 e. The molecule has 1 aromatic rings. The fourth-order valence-electron chi connectivity index (χ4n) is 1.06. The van der Waals surface area contributed by atoms with Gasteiger partial charge in [-0.2, -0.15) is 0 Å². The second-order valence-electron chi connectivity index (χ2n) is 2.64. The van der Waals surface area contributed by atoms with Crippen molar-refractivity contribution in [3.63, 3.8) is 0 Å². The average Bonchev–Trinajstić information content (AvgIpc) is 2.70. The van der Waals surface area contributed by atoms with Crippen LogP contribution in [0.15, 0.2) is 17.1 Å². The normalized spacial score (nSPS) is 15.7. The molecule has 0 aromatic carbocycles. The number of amides is 1. The van der Waals surface area contributed by atoms with Crippen LogP contribution in [-0.4, -0.2) is 21.7 Å². The van der Waals surface area contributed by atoms with Crippen LogP contribution in [0.5, 0.6) is 0 Å². The fraction of sp³-hybridized carbons (Fsp3) is 0.125. The Kier molecular flexibility index (Phi) is 2.66. The standard InChI is InChI=1S/C8H6N2OS3/c9-7(11)6-2-1-5(14-6)4-3-13-8(12)10-4/h1-2H,3H2,(H2,9,11). The van der Waals surface area contributed by atoms with Gasteiger partial charge in [-0.25, -0.2) is 4.99 Å². The molecule has 14 heavy (non-hydrogen) atoms. The van der Waals surface area contributed by atoms with Gasteiger partial charge in [-0.1, -0.05) is 24.0 Å². The van der Waals surface area contributed by atoms with Crippen molar-refractivity contribution in [2.24, 2.45) is 10.7 Å². The van der Waals surface area contributed by atoms with Crippen LogP contribution in [0.25, 0.3) is 0 Å². The molecule has 3 nitrogen and oxygen atoms in total. The Hall–Kier alpha value is -0.720. The van der Waals surface area contributed by atoms with Crippen LogP contribution < -0.4 is 5.73 Å². The molecule has 0 saturated heterocycles. The molecule has 0 spiro atoms. The predicted molar refractivity (Wildman–Crippen MR) is 64.4 cm³/mol. The molecular formula is C8H6N2OS3. The zero-order valence-electron chi connectivity index (χ0n) is 7.02. The Bertz CT molecular complexity index is 436. The van der Waals surface area contributed by atoms with Crippen molar-refractivity contribution in [3.05, 3.63) is 21.9 Å². The third-order valence-electron chi connectivity index (χ3n) is 1.69. The van der Waals surface area contributed by atoms with E-state index in [2.05, 4.69) is 4.99 Å². The van der Waals surface area contributed by atoms with Crippen molar-refractivity contribution in [2.45, 2.75) is 0 Å². The van der Waals surface area contributed by atoms with Gasteiger partial charge in [0.05, 0.1) is 15.5 Å². The molecule has 1 aliphatic heterocycles. The van der Waals surface area contributed by atoms with Gasteiger partial charge < -0.3 is 5.73 Å². The summed E-state index contributed by atoms with van der Waals surface area (Å²) >= 11 is 7.84. The summed E-state index contributed by atoms with van der Waals surface area (Å²) in [6.07, 6.45) is 0. The number of hydrogen-bond donors (Lipinski definition) is 1. The first-order valence-electron chi connectivity index (χ1n) is 3.81. The van der Waals surface area contributed by atoms with E-state index in [0.29, 0.717) is 9.20 Å². The molecule has 2 N–H and O–H groups in total. The monoisotopic (exact) mass is 242 g/mol. The second kappa shape index (κ2) is 3.80. The Labute approximate surface area is 94.4 Å². The molecule has 1 amide bonds. The van der Waals surface area contributed by atoms with E-state index in [1.54, 1.807) is 6.07 Å². The zero-order chi connectivity index (χ0) is 10.1. The van der Waals surface area contributed by atoms with Crippen LogP contribution in [0.3, 0.4) is 0 Å². The number of nitrogens with two attached hydrogens (primary N) is 1. The molecule has 0 unspecified atom stereocenters. The maximum atomic E-state index is 10.9. The highest BCUT2D eigenvalue weighted by Gasteiger charge is 2.16. The van der Waals surface area contributed by atoms with E-state index in [0.717, 1.165) is 16.3 Å². The molecule has 0 bridgehead atoms. The number of nitrogens with zero attached hydrogens (tertiary/aromatic N) is 1. The van der Waals surface area contributed by atoms with E-state index in [-0.39, 0.29) is 0 Å². The molecule has 0 fully saturated rings. The first-order valence-corrected chi connectivity index (χ1v) is 6.02. The molecular weight excluding hydrogens is 236 g/mol. The number of carbonyl (C=O) groups is 1. The van der Waals surface area contributed by atoms with Gasteiger partial charge in [0, 0.05) is 5.75 Å². The first kappa shape index (κ1) is 9.82. The molecule has 2 heterocycles. The minimum atomic E-state index is -0.393. The van der Waals surface area contributed by atoms with E-state index in [4.69, 9.17) is 18.0 Å². The van der Waals surface area contributed by atoms with E-state index >= 15 is 0 Å². The fourth-order valence-corrected chi connectivity index (χ4v) is 2.94. The Balaban J connectivity index is 2.29. The predicted octanol–water partition coefficient (Wildman–Crippen LogP) is 1.67. The summed E-state index contributed by atoms with van der Waals surface area (Å²) < 4.78 is 0.661. The average molecular weight is 242 g/mol. The lowest BCUT2D eigenvalue weighted by Crippen LogP contribution is -2.08.